The van der Waals surface area contributed by atoms with Gasteiger partial charge in [-0.1, -0.05) is 74.5 Å². The van der Waals surface area contributed by atoms with Crippen LogP contribution in [0.1, 0.15) is 47.5 Å². The van der Waals surface area contributed by atoms with Crippen LogP contribution in [-0.2, 0) is 22.4 Å². The molecule has 37 heavy (non-hydrogen) atoms. The third kappa shape index (κ3) is 7.27. The SMILES string of the molecule is COC(=O)N[C@@H](Cc1ccccc1)C(=O)N[C@@H](Cc1ccc(C(C)C)cc1)c1nc(-c2cccs2)cs1. The van der Waals surface area contributed by atoms with E-state index in [0.717, 1.165) is 26.7 Å². The number of thiophene rings is 1. The van der Waals surface area contributed by atoms with Gasteiger partial charge in [-0.15, -0.1) is 22.7 Å². The van der Waals surface area contributed by atoms with Crippen molar-refractivity contribution < 1.29 is 14.3 Å². The lowest BCUT2D eigenvalue weighted by Gasteiger charge is -2.22. The summed E-state index contributed by atoms with van der Waals surface area (Å²) in [5.41, 5.74) is 4.21. The molecule has 0 aliphatic rings. The zero-order chi connectivity index (χ0) is 26.2. The van der Waals surface area contributed by atoms with Crippen molar-refractivity contribution in [3.8, 4) is 10.6 Å². The topological polar surface area (TPSA) is 80.3 Å². The molecule has 0 unspecified atom stereocenters. The van der Waals surface area contributed by atoms with Gasteiger partial charge >= 0.3 is 6.09 Å². The Hall–Kier alpha value is -3.49. The van der Waals surface area contributed by atoms with Crippen molar-refractivity contribution in [2.45, 2.75) is 44.7 Å². The number of carbonyl (C=O) groups excluding carboxylic acids is 2. The van der Waals surface area contributed by atoms with Crippen molar-refractivity contribution in [2.75, 3.05) is 7.11 Å². The van der Waals surface area contributed by atoms with E-state index in [2.05, 4.69) is 48.7 Å². The number of methoxy groups -OCH3 is 1. The van der Waals surface area contributed by atoms with Gasteiger partial charge < -0.3 is 15.4 Å². The van der Waals surface area contributed by atoms with Gasteiger partial charge in [-0.05, 0) is 40.5 Å². The standard InChI is InChI=1S/C29H31N3O3S2/c1-19(2)22-13-11-21(12-14-22)17-24(28-31-25(18-37-28)26-10-7-15-36-26)30-27(33)23(32-29(34)35-3)16-20-8-5-4-6-9-20/h4-15,18-19,23-24H,16-17H2,1-3H3,(H,30,33)(H,32,34)/t23-,24-/m0/s1. The van der Waals surface area contributed by atoms with Crippen LogP contribution in [0.15, 0.2) is 77.5 Å². The molecule has 192 valence electrons. The van der Waals surface area contributed by atoms with E-state index < -0.39 is 12.1 Å². The zero-order valence-electron chi connectivity index (χ0n) is 21.1. The van der Waals surface area contributed by atoms with Gasteiger partial charge in [0.1, 0.15) is 11.0 Å². The zero-order valence-corrected chi connectivity index (χ0v) is 22.8. The Morgan fingerprint density at radius 2 is 1.62 bits per heavy atom. The van der Waals surface area contributed by atoms with Crippen molar-refractivity contribution in [3.63, 3.8) is 0 Å². The maximum absolute atomic E-state index is 13.5. The fraction of sp³-hybridized carbons (Fsp3) is 0.276. The van der Waals surface area contributed by atoms with E-state index in [9.17, 15) is 9.59 Å². The van der Waals surface area contributed by atoms with E-state index in [0.29, 0.717) is 18.8 Å². The van der Waals surface area contributed by atoms with Crippen LogP contribution in [0, 0.1) is 0 Å². The number of carbonyl (C=O) groups is 2. The molecule has 4 rings (SSSR count). The van der Waals surface area contributed by atoms with Crippen LogP contribution in [0.25, 0.3) is 10.6 Å². The lowest BCUT2D eigenvalue weighted by atomic mass is 9.99. The minimum absolute atomic E-state index is 0.286. The molecular formula is C29H31N3O3S2. The summed E-state index contributed by atoms with van der Waals surface area (Å²) in [6.07, 6.45) is 0.277. The van der Waals surface area contributed by atoms with E-state index >= 15 is 0 Å². The molecule has 2 heterocycles. The molecule has 0 saturated carbocycles. The van der Waals surface area contributed by atoms with Gasteiger partial charge in [0.25, 0.3) is 0 Å². The summed E-state index contributed by atoms with van der Waals surface area (Å²) in [4.78, 5) is 31.6. The fourth-order valence-electron chi connectivity index (χ4n) is 3.99. The van der Waals surface area contributed by atoms with Crippen LogP contribution in [0.2, 0.25) is 0 Å². The Morgan fingerprint density at radius 3 is 2.27 bits per heavy atom. The Morgan fingerprint density at radius 1 is 0.892 bits per heavy atom. The smallest absolute Gasteiger partial charge is 0.407 e. The highest BCUT2D eigenvalue weighted by Gasteiger charge is 2.26. The highest BCUT2D eigenvalue weighted by Crippen LogP contribution is 2.30. The first kappa shape index (κ1) is 26.6. The van der Waals surface area contributed by atoms with E-state index in [4.69, 9.17) is 9.72 Å². The molecule has 0 bridgehead atoms. The highest BCUT2D eigenvalue weighted by molar-refractivity contribution is 7.14. The Balaban J connectivity index is 1.59. The maximum atomic E-state index is 13.5. The molecule has 0 aliphatic heterocycles. The Labute approximate surface area is 225 Å². The summed E-state index contributed by atoms with van der Waals surface area (Å²) in [5.74, 6) is 0.158. The average Bonchev–Trinajstić information content (AvgIpc) is 3.61. The summed E-state index contributed by atoms with van der Waals surface area (Å²) < 4.78 is 4.79. The lowest BCUT2D eigenvalue weighted by molar-refractivity contribution is -0.123. The molecule has 0 fully saturated rings. The summed E-state index contributed by atoms with van der Waals surface area (Å²) in [5, 5.41) is 10.7. The molecule has 4 aromatic rings. The van der Waals surface area contributed by atoms with Gasteiger partial charge in [0, 0.05) is 11.8 Å². The molecule has 0 saturated heterocycles. The third-order valence-corrected chi connectivity index (χ3v) is 7.92. The van der Waals surface area contributed by atoms with Crippen LogP contribution in [0.3, 0.4) is 0 Å². The number of nitrogens with zero attached hydrogens (tertiary/aromatic N) is 1. The van der Waals surface area contributed by atoms with Crippen molar-refractivity contribution in [2.24, 2.45) is 0 Å². The number of rotatable bonds is 10. The Bertz CT molecular complexity index is 1290. The number of thiazole rings is 1. The molecule has 2 aromatic heterocycles. The number of hydrogen-bond donors (Lipinski definition) is 2. The van der Waals surface area contributed by atoms with Gasteiger partial charge in [0.15, 0.2) is 0 Å². The average molecular weight is 534 g/mol. The van der Waals surface area contributed by atoms with Crippen molar-refractivity contribution in [1.82, 2.24) is 15.6 Å². The van der Waals surface area contributed by atoms with Crippen LogP contribution in [-0.4, -0.2) is 30.1 Å². The van der Waals surface area contributed by atoms with E-state index in [1.165, 1.54) is 24.0 Å². The molecule has 2 N–H and O–H groups in total. The fourth-order valence-corrected chi connectivity index (χ4v) is 5.62. The Kier molecular flexibility index (Phi) is 9.09. The number of nitrogens with one attached hydrogen (secondary N) is 2. The second kappa shape index (κ2) is 12.7. The lowest BCUT2D eigenvalue weighted by Crippen LogP contribution is -2.49. The van der Waals surface area contributed by atoms with Gasteiger partial charge in [-0.25, -0.2) is 9.78 Å². The van der Waals surface area contributed by atoms with Crippen LogP contribution < -0.4 is 10.6 Å². The number of aromatic nitrogens is 1. The van der Waals surface area contributed by atoms with Crippen LogP contribution >= 0.6 is 22.7 Å². The number of alkyl carbamates (subject to hydrolysis) is 1. The minimum Gasteiger partial charge on any atom is -0.453 e. The summed E-state index contributed by atoms with van der Waals surface area (Å²) in [6.45, 7) is 4.34. The molecule has 0 spiro atoms. The first-order chi connectivity index (χ1) is 17.9. The van der Waals surface area contributed by atoms with Gasteiger partial charge in [0.2, 0.25) is 5.91 Å². The maximum Gasteiger partial charge on any atom is 0.407 e. The van der Waals surface area contributed by atoms with Gasteiger partial charge in [-0.3, -0.25) is 4.79 Å². The van der Waals surface area contributed by atoms with Crippen molar-refractivity contribution in [1.29, 1.82) is 0 Å². The summed E-state index contributed by atoms with van der Waals surface area (Å²) >= 11 is 3.16. The molecule has 8 heteroatoms. The summed E-state index contributed by atoms with van der Waals surface area (Å²) in [6, 6.07) is 21.0. The molecule has 2 aromatic carbocycles. The quantitative estimate of drug-likeness (QED) is 0.248. The van der Waals surface area contributed by atoms with E-state index in [-0.39, 0.29) is 11.9 Å². The van der Waals surface area contributed by atoms with E-state index in [1.807, 2.05) is 53.2 Å². The van der Waals surface area contributed by atoms with Gasteiger partial charge in [-0.2, -0.15) is 0 Å². The largest absolute Gasteiger partial charge is 0.453 e. The number of ether oxygens (including phenoxy) is 1. The first-order valence-electron chi connectivity index (χ1n) is 12.2. The van der Waals surface area contributed by atoms with E-state index in [1.54, 1.807) is 11.3 Å². The number of benzene rings is 2. The highest BCUT2D eigenvalue weighted by atomic mass is 32.1. The number of hydrogen-bond acceptors (Lipinski definition) is 6. The molecule has 0 radical (unpaired) electrons. The molecule has 6 nitrogen and oxygen atoms in total. The molecular weight excluding hydrogens is 502 g/mol. The monoisotopic (exact) mass is 533 g/mol. The molecule has 2 atom stereocenters. The second-order valence-corrected chi connectivity index (χ2v) is 10.9. The van der Waals surface area contributed by atoms with Crippen molar-refractivity contribution in [3.05, 3.63) is 99.2 Å². The predicted molar refractivity (Wildman–Crippen MR) is 150 cm³/mol. The summed E-state index contributed by atoms with van der Waals surface area (Å²) in [7, 11) is 1.29. The first-order valence-corrected chi connectivity index (χ1v) is 14.0. The number of amides is 2. The van der Waals surface area contributed by atoms with Crippen LogP contribution in [0.4, 0.5) is 4.79 Å². The van der Waals surface area contributed by atoms with Crippen LogP contribution in [0.5, 0.6) is 0 Å². The normalized spacial score (nSPS) is 12.6. The second-order valence-electron chi connectivity index (χ2n) is 9.09. The van der Waals surface area contributed by atoms with Crippen molar-refractivity contribution >= 4 is 34.7 Å². The molecule has 0 aliphatic carbocycles. The minimum atomic E-state index is -0.794. The molecule has 2 amide bonds. The third-order valence-electron chi connectivity index (χ3n) is 6.07. The van der Waals surface area contributed by atoms with Gasteiger partial charge in [0.05, 0.1) is 23.7 Å². The predicted octanol–water partition coefficient (Wildman–Crippen LogP) is 6.36.